The zero-order valence-corrected chi connectivity index (χ0v) is 10.8. The molecule has 11 heavy (non-hydrogen) atoms. The molecular formula is C9H18Br2. The van der Waals surface area contributed by atoms with Crippen LogP contribution < -0.4 is 0 Å². The highest BCUT2D eigenvalue weighted by atomic mass is 79.9. The van der Waals surface area contributed by atoms with E-state index in [1.807, 2.05) is 0 Å². The van der Waals surface area contributed by atoms with Crippen molar-refractivity contribution in [2.75, 3.05) is 10.7 Å². The second-order valence-corrected chi connectivity index (χ2v) is 5.60. The molecule has 0 amide bonds. The van der Waals surface area contributed by atoms with Crippen LogP contribution in [0.3, 0.4) is 0 Å². The molecule has 0 aliphatic carbocycles. The highest BCUT2D eigenvalue weighted by Crippen LogP contribution is 2.32. The molecule has 0 aliphatic rings. The molecule has 0 aromatic heterocycles. The van der Waals surface area contributed by atoms with Crippen molar-refractivity contribution in [1.29, 1.82) is 0 Å². The van der Waals surface area contributed by atoms with E-state index in [0.717, 1.165) is 16.6 Å². The summed E-state index contributed by atoms with van der Waals surface area (Å²) in [5.41, 5.74) is 0.460. The van der Waals surface area contributed by atoms with Crippen molar-refractivity contribution in [2.45, 2.75) is 33.6 Å². The van der Waals surface area contributed by atoms with E-state index in [1.54, 1.807) is 0 Å². The Labute approximate surface area is 87.4 Å². The maximum Gasteiger partial charge on any atom is 0.00341 e. The van der Waals surface area contributed by atoms with E-state index in [-0.39, 0.29) is 0 Å². The van der Waals surface area contributed by atoms with E-state index in [4.69, 9.17) is 0 Å². The highest BCUT2D eigenvalue weighted by molar-refractivity contribution is 9.09. The molecule has 0 aliphatic heterocycles. The second kappa shape index (κ2) is 5.58. The first kappa shape index (κ1) is 12.0. The summed E-state index contributed by atoms with van der Waals surface area (Å²) in [7, 11) is 0. The van der Waals surface area contributed by atoms with Gasteiger partial charge in [0.2, 0.25) is 0 Å². The van der Waals surface area contributed by atoms with E-state index < -0.39 is 0 Å². The third-order valence-corrected chi connectivity index (χ3v) is 3.06. The predicted octanol–water partition coefficient (Wildman–Crippen LogP) is 4.22. The molecule has 0 atom stereocenters. The van der Waals surface area contributed by atoms with Gasteiger partial charge in [-0.3, -0.25) is 0 Å². The van der Waals surface area contributed by atoms with E-state index in [1.165, 1.54) is 12.8 Å². The minimum absolute atomic E-state index is 0.460. The average Bonchev–Trinajstić information content (AvgIpc) is 1.85. The van der Waals surface area contributed by atoms with Crippen LogP contribution in [0.1, 0.15) is 33.6 Å². The second-order valence-electron chi connectivity index (χ2n) is 4.02. The normalized spacial score (nSPS) is 12.5. The lowest BCUT2D eigenvalue weighted by atomic mass is 9.78. The Balaban J connectivity index is 3.88. The summed E-state index contributed by atoms with van der Waals surface area (Å²) in [6, 6.07) is 0. The molecular weight excluding hydrogens is 268 g/mol. The minimum atomic E-state index is 0.460. The molecule has 0 rings (SSSR count). The van der Waals surface area contributed by atoms with Crippen LogP contribution in [-0.4, -0.2) is 10.7 Å². The Morgan fingerprint density at radius 3 is 1.55 bits per heavy atom. The Morgan fingerprint density at radius 2 is 1.36 bits per heavy atom. The first-order valence-corrected chi connectivity index (χ1v) is 6.38. The molecule has 0 radical (unpaired) electrons. The molecule has 0 heterocycles. The first-order chi connectivity index (χ1) is 5.02. The van der Waals surface area contributed by atoms with Gasteiger partial charge in [0.05, 0.1) is 0 Å². The Kier molecular flexibility index (Phi) is 6.07. The lowest BCUT2D eigenvalue weighted by Crippen LogP contribution is -2.21. The predicted molar refractivity (Wildman–Crippen MR) is 59.8 cm³/mol. The summed E-state index contributed by atoms with van der Waals surface area (Å²) in [5.74, 6) is 0.834. The third-order valence-electron chi connectivity index (χ3n) is 2.14. The summed E-state index contributed by atoms with van der Waals surface area (Å²) >= 11 is 6.99. The van der Waals surface area contributed by atoms with Crippen LogP contribution in [0.4, 0.5) is 0 Å². The van der Waals surface area contributed by atoms with Gasteiger partial charge in [0.25, 0.3) is 0 Å². The molecule has 0 aromatic carbocycles. The van der Waals surface area contributed by atoms with E-state index in [0.29, 0.717) is 5.41 Å². The molecule has 68 valence electrons. The number of rotatable bonds is 4. The fourth-order valence-electron chi connectivity index (χ4n) is 1.27. The summed E-state index contributed by atoms with van der Waals surface area (Å²) in [6.45, 7) is 6.97. The summed E-state index contributed by atoms with van der Waals surface area (Å²) < 4.78 is 0. The van der Waals surface area contributed by atoms with Crippen LogP contribution in [-0.2, 0) is 0 Å². The largest absolute Gasteiger partial charge is 0.0928 e. The molecule has 0 spiro atoms. The van der Waals surface area contributed by atoms with Gasteiger partial charge < -0.3 is 0 Å². The van der Waals surface area contributed by atoms with Gasteiger partial charge in [-0.15, -0.1) is 0 Å². The van der Waals surface area contributed by atoms with E-state index >= 15 is 0 Å². The van der Waals surface area contributed by atoms with E-state index in [9.17, 15) is 0 Å². The topological polar surface area (TPSA) is 0 Å². The van der Waals surface area contributed by atoms with Crippen LogP contribution in [0, 0.1) is 11.3 Å². The van der Waals surface area contributed by atoms with Crippen LogP contribution >= 0.6 is 31.9 Å². The summed E-state index contributed by atoms with van der Waals surface area (Å²) in [5, 5.41) is 2.25. The van der Waals surface area contributed by atoms with Gasteiger partial charge >= 0.3 is 0 Å². The number of hydrogen-bond donors (Lipinski definition) is 0. The van der Waals surface area contributed by atoms with Gasteiger partial charge in [0.1, 0.15) is 0 Å². The van der Waals surface area contributed by atoms with Crippen LogP contribution in [0.2, 0.25) is 0 Å². The average molecular weight is 286 g/mol. The van der Waals surface area contributed by atoms with Gasteiger partial charge in [-0.1, -0.05) is 52.6 Å². The molecule has 0 fully saturated rings. The quantitative estimate of drug-likeness (QED) is 0.679. The lowest BCUT2D eigenvalue weighted by molar-refractivity contribution is 0.230. The van der Waals surface area contributed by atoms with Gasteiger partial charge in [-0.2, -0.15) is 0 Å². The molecule has 0 saturated heterocycles. The molecule has 0 unspecified atom stereocenters. The zero-order chi connectivity index (χ0) is 8.91. The van der Waals surface area contributed by atoms with Gasteiger partial charge in [0.15, 0.2) is 0 Å². The van der Waals surface area contributed by atoms with Gasteiger partial charge in [0, 0.05) is 10.7 Å². The van der Waals surface area contributed by atoms with E-state index in [2.05, 4.69) is 52.6 Å². The van der Waals surface area contributed by atoms with Crippen LogP contribution in [0.5, 0.6) is 0 Å². The summed E-state index contributed by atoms with van der Waals surface area (Å²) in [6.07, 6.45) is 2.57. The van der Waals surface area contributed by atoms with Crippen molar-refractivity contribution >= 4 is 31.9 Å². The maximum absolute atomic E-state index is 3.50. The summed E-state index contributed by atoms with van der Waals surface area (Å²) in [4.78, 5) is 0. The van der Waals surface area contributed by atoms with Gasteiger partial charge in [-0.05, 0) is 24.2 Å². The molecule has 0 bridgehead atoms. The Bertz CT molecular complexity index is 88.2. The number of alkyl halides is 2. The molecule has 0 aromatic rings. The molecule has 0 nitrogen and oxygen atoms in total. The van der Waals surface area contributed by atoms with Crippen molar-refractivity contribution in [3.05, 3.63) is 0 Å². The fourth-order valence-corrected chi connectivity index (χ4v) is 2.38. The van der Waals surface area contributed by atoms with Crippen LogP contribution in [0.25, 0.3) is 0 Å². The van der Waals surface area contributed by atoms with Crippen LogP contribution in [0.15, 0.2) is 0 Å². The smallest absolute Gasteiger partial charge is 0.00341 e. The highest BCUT2D eigenvalue weighted by Gasteiger charge is 2.22. The standard InChI is InChI=1S/C9H18Br2/c1-9(2,3)8(4-6-10)5-7-11/h8H,4-7H2,1-3H3. The monoisotopic (exact) mass is 284 g/mol. The van der Waals surface area contributed by atoms with Crippen molar-refractivity contribution < 1.29 is 0 Å². The zero-order valence-electron chi connectivity index (χ0n) is 7.66. The molecule has 0 N–H and O–H groups in total. The maximum atomic E-state index is 3.50. The number of halogens is 2. The minimum Gasteiger partial charge on any atom is -0.0928 e. The Hall–Kier alpha value is 0.960. The third kappa shape index (κ3) is 5.24. The van der Waals surface area contributed by atoms with Crippen molar-refractivity contribution in [3.63, 3.8) is 0 Å². The SMILES string of the molecule is CC(C)(C)C(CCBr)CCBr. The van der Waals surface area contributed by atoms with Crippen molar-refractivity contribution in [1.82, 2.24) is 0 Å². The number of hydrogen-bond acceptors (Lipinski definition) is 0. The van der Waals surface area contributed by atoms with Crippen molar-refractivity contribution in [3.8, 4) is 0 Å². The lowest BCUT2D eigenvalue weighted by Gasteiger charge is -2.29. The van der Waals surface area contributed by atoms with Gasteiger partial charge in [-0.25, -0.2) is 0 Å². The first-order valence-electron chi connectivity index (χ1n) is 4.14. The fraction of sp³-hybridized carbons (Fsp3) is 1.00. The molecule has 2 heteroatoms. The molecule has 0 saturated carbocycles. The Morgan fingerprint density at radius 1 is 1.00 bits per heavy atom. The van der Waals surface area contributed by atoms with Crippen molar-refractivity contribution in [2.24, 2.45) is 11.3 Å².